The highest BCUT2D eigenvalue weighted by Gasteiger charge is 2.51. The molecule has 2 atom stereocenters. The van der Waals surface area contributed by atoms with Gasteiger partial charge in [0.05, 0.1) is 17.6 Å². The molecular weight excluding hydrogens is 267 g/mol. The lowest BCUT2D eigenvalue weighted by Crippen LogP contribution is -2.33. The third kappa shape index (κ3) is 2.62. The molecule has 2 aliphatic heterocycles. The third-order valence-corrected chi connectivity index (χ3v) is 2.79. The van der Waals surface area contributed by atoms with E-state index in [-0.39, 0.29) is 13.0 Å². The van der Waals surface area contributed by atoms with Gasteiger partial charge in [-0.1, -0.05) is 12.2 Å². The van der Waals surface area contributed by atoms with Crippen molar-refractivity contribution in [3.05, 3.63) is 23.3 Å². The molecule has 19 heavy (non-hydrogen) atoms. The van der Waals surface area contributed by atoms with Crippen LogP contribution in [0.1, 0.15) is 6.42 Å². The predicted octanol–water partition coefficient (Wildman–Crippen LogP) is 0.773. The number of hydrogen-bond donors (Lipinski definition) is 2. The van der Waals surface area contributed by atoms with Crippen LogP contribution in [0, 0.1) is 0 Å². The summed E-state index contributed by atoms with van der Waals surface area (Å²) in [7, 11) is 0. The summed E-state index contributed by atoms with van der Waals surface area (Å²) in [4.78, 5) is 22.0. The Labute approximate surface area is 105 Å². The highest BCUT2D eigenvalue weighted by atomic mass is 19.4. The van der Waals surface area contributed by atoms with Gasteiger partial charge in [-0.3, -0.25) is 9.59 Å². The van der Waals surface area contributed by atoms with E-state index in [9.17, 15) is 22.8 Å². The first-order valence-corrected chi connectivity index (χ1v) is 5.45. The van der Waals surface area contributed by atoms with E-state index in [0.717, 1.165) is 0 Å². The number of ether oxygens (including phenoxy) is 1. The fraction of sp³-hybridized carbons (Fsp3) is 0.455. The molecule has 0 fully saturated rings. The second-order valence-corrected chi connectivity index (χ2v) is 4.09. The van der Waals surface area contributed by atoms with Gasteiger partial charge in [0.25, 0.3) is 5.91 Å². The van der Waals surface area contributed by atoms with Crippen molar-refractivity contribution >= 4 is 11.9 Å². The molecule has 104 valence electrons. The molecule has 0 saturated heterocycles. The Bertz CT molecular complexity index is 481. The molecule has 0 saturated carbocycles. The van der Waals surface area contributed by atoms with Crippen LogP contribution in [-0.2, 0) is 14.3 Å². The maximum absolute atomic E-state index is 12.8. The van der Waals surface area contributed by atoms with Crippen molar-refractivity contribution in [2.24, 2.45) is 0 Å². The summed E-state index contributed by atoms with van der Waals surface area (Å²) in [5.74, 6) is -2.08. The average Bonchev–Trinajstić information content (AvgIpc) is 2.86. The lowest BCUT2D eigenvalue weighted by molar-refractivity contribution is -0.136. The highest BCUT2D eigenvalue weighted by molar-refractivity contribution is 5.97. The number of hydrogen-bond acceptors (Lipinski definition) is 3. The van der Waals surface area contributed by atoms with Crippen LogP contribution in [0.15, 0.2) is 23.3 Å². The lowest BCUT2D eigenvalue weighted by Gasteiger charge is -2.15. The molecule has 0 aromatic heterocycles. The van der Waals surface area contributed by atoms with Crippen LogP contribution in [0.25, 0.3) is 0 Å². The SMILES string of the molecule is O=C(O)CCNC(=O)C1=C(C(F)(F)F)C2C=CC1O2. The zero-order valence-electron chi connectivity index (χ0n) is 9.53. The Hall–Kier alpha value is -1.83. The first kappa shape index (κ1) is 13.6. The first-order chi connectivity index (χ1) is 8.80. The number of aliphatic carboxylic acids is 1. The topological polar surface area (TPSA) is 75.6 Å². The molecule has 0 radical (unpaired) electrons. The van der Waals surface area contributed by atoms with Crippen LogP contribution < -0.4 is 5.32 Å². The number of amides is 1. The van der Waals surface area contributed by atoms with Crippen molar-refractivity contribution in [2.75, 3.05) is 6.54 Å². The van der Waals surface area contributed by atoms with Gasteiger partial charge in [0.15, 0.2) is 0 Å². The molecule has 0 aromatic rings. The van der Waals surface area contributed by atoms with Gasteiger partial charge in [-0.25, -0.2) is 0 Å². The minimum absolute atomic E-state index is 0.232. The summed E-state index contributed by atoms with van der Waals surface area (Å²) in [6.07, 6.45) is -4.63. The maximum atomic E-state index is 12.8. The van der Waals surface area contributed by atoms with Crippen molar-refractivity contribution < 1.29 is 32.6 Å². The number of carbonyl (C=O) groups is 2. The second-order valence-electron chi connectivity index (χ2n) is 4.09. The number of carboxylic acid groups (broad SMARTS) is 1. The average molecular weight is 277 g/mol. The summed E-state index contributed by atoms with van der Waals surface area (Å²) >= 11 is 0. The molecule has 2 heterocycles. The van der Waals surface area contributed by atoms with Crippen molar-refractivity contribution in [1.29, 1.82) is 0 Å². The van der Waals surface area contributed by atoms with E-state index in [1.54, 1.807) is 0 Å². The zero-order valence-corrected chi connectivity index (χ0v) is 9.53. The minimum atomic E-state index is -4.65. The Morgan fingerprint density at radius 3 is 2.53 bits per heavy atom. The van der Waals surface area contributed by atoms with Gasteiger partial charge in [-0.2, -0.15) is 13.2 Å². The molecule has 2 rings (SSSR count). The quantitative estimate of drug-likeness (QED) is 0.744. The fourth-order valence-electron chi connectivity index (χ4n) is 2.03. The number of fused-ring (bicyclic) bond motifs is 2. The fourth-order valence-corrected chi connectivity index (χ4v) is 2.03. The molecule has 2 N–H and O–H groups in total. The monoisotopic (exact) mass is 277 g/mol. The number of carboxylic acids is 1. The van der Waals surface area contributed by atoms with Gasteiger partial charge in [-0.15, -0.1) is 0 Å². The summed E-state index contributed by atoms with van der Waals surface area (Å²) < 4.78 is 43.5. The van der Waals surface area contributed by atoms with Crippen LogP contribution in [0.4, 0.5) is 13.2 Å². The molecule has 2 unspecified atom stereocenters. The smallest absolute Gasteiger partial charge is 0.416 e. The van der Waals surface area contributed by atoms with Gasteiger partial charge in [0.2, 0.25) is 0 Å². The molecular formula is C11H10F3NO4. The van der Waals surface area contributed by atoms with Gasteiger partial charge < -0.3 is 15.2 Å². The van der Waals surface area contributed by atoms with Crippen LogP contribution >= 0.6 is 0 Å². The largest absolute Gasteiger partial charge is 0.481 e. The third-order valence-electron chi connectivity index (χ3n) is 2.79. The Kier molecular flexibility index (Phi) is 3.36. The molecule has 2 bridgehead atoms. The molecule has 1 amide bonds. The van der Waals surface area contributed by atoms with Gasteiger partial charge in [0, 0.05) is 6.54 Å². The summed E-state index contributed by atoms with van der Waals surface area (Å²) in [5, 5.41) is 10.6. The highest BCUT2D eigenvalue weighted by Crippen LogP contribution is 2.43. The van der Waals surface area contributed by atoms with E-state index >= 15 is 0 Å². The number of rotatable bonds is 4. The summed E-state index contributed by atoms with van der Waals surface area (Å²) in [6.45, 7) is -0.232. The van der Waals surface area contributed by atoms with E-state index < -0.39 is 41.4 Å². The van der Waals surface area contributed by atoms with Gasteiger partial charge in [-0.05, 0) is 0 Å². The molecule has 0 aliphatic carbocycles. The number of carbonyl (C=O) groups excluding carboxylic acids is 1. The number of alkyl halides is 3. The second kappa shape index (κ2) is 4.69. The van der Waals surface area contributed by atoms with Gasteiger partial charge in [0.1, 0.15) is 12.2 Å². The zero-order chi connectivity index (χ0) is 14.2. The van der Waals surface area contributed by atoms with E-state index in [1.807, 2.05) is 0 Å². The predicted molar refractivity (Wildman–Crippen MR) is 56.1 cm³/mol. The van der Waals surface area contributed by atoms with Crippen LogP contribution in [0.5, 0.6) is 0 Å². The van der Waals surface area contributed by atoms with Gasteiger partial charge >= 0.3 is 12.1 Å². The Morgan fingerprint density at radius 1 is 1.32 bits per heavy atom. The van der Waals surface area contributed by atoms with E-state index in [2.05, 4.69) is 5.32 Å². The Balaban J connectivity index is 2.14. The lowest BCUT2D eigenvalue weighted by atomic mass is 9.96. The van der Waals surface area contributed by atoms with Crippen molar-refractivity contribution in [2.45, 2.75) is 24.8 Å². The normalized spacial score (nSPS) is 25.0. The molecule has 0 aromatic carbocycles. The maximum Gasteiger partial charge on any atom is 0.416 e. The molecule has 5 nitrogen and oxygen atoms in total. The Morgan fingerprint density at radius 2 is 1.95 bits per heavy atom. The van der Waals surface area contributed by atoms with Crippen molar-refractivity contribution in [3.63, 3.8) is 0 Å². The first-order valence-electron chi connectivity index (χ1n) is 5.45. The van der Waals surface area contributed by atoms with E-state index in [4.69, 9.17) is 9.84 Å². The van der Waals surface area contributed by atoms with Crippen molar-refractivity contribution in [1.82, 2.24) is 5.32 Å². The number of halogens is 3. The molecule has 0 spiro atoms. The summed E-state index contributed by atoms with van der Waals surface area (Å²) in [5.41, 5.74) is -1.49. The number of nitrogens with one attached hydrogen (secondary N) is 1. The van der Waals surface area contributed by atoms with Crippen LogP contribution in [0.2, 0.25) is 0 Å². The van der Waals surface area contributed by atoms with E-state index in [0.29, 0.717) is 0 Å². The standard InChI is InChI=1S/C11H10F3NO4/c12-11(13,14)9-6-2-1-5(19-6)8(9)10(18)15-4-3-7(16)17/h1-2,5-6H,3-4H2,(H,15,18)(H,16,17). The minimum Gasteiger partial charge on any atom is -0.481 e. The molecule has 8 heteroatoms. The molecule has 2 aliphatic rings. The summed E-state index contributed by atoms with van der Waals surface area (Å²) in [6, 6.07) is 0. The van der Waals surface area contributed by atoms with E-state index in [1.165, 1.54) is 12.2 Å². The van der Waals surface area contributed by atoms with Crippen LogP contribution in [-0.4, -0.2) is 41.9 Å². The van der Waals surface area contributed by atoms with Crippen LogP contribution in [0.3, 0.4) is 0 Å². The van der Waals surface area contributed by atoms with Crippen molar-refractivity contribution in [3.8, 4) is 0 Å².